The number of nitrogens with one attached hydrogen (secondary N) is 1. The topological polar surface area (TPSA) is 87.3 Å². The number of hydrogen-bond donors (Lipinski definition) is 1. The largest absolute Gasteiger partial charge is 0.493 e. The molecule has 170 valence electrons. The van der Waals surface area contributed by atoms with E-state index in [2.05, 4.69) is 17.0 Å². The molecule has 0 bridgehead atoms. The van der Waals surface area contributed by atoms with E-state index in [4.69, 9.17) is 14.9 Å². The number of carbonyl (C=O) groups excluding carboxylic acids is 1. The van der Waals surface area contributed by atoms with E-state index in [1.165, 1.54) is 36.0 Å². The molecule has 0 aromatic heterocycles. The number of methoxy groups -OCH3 is 1. The SMILES string of the molecule is CCCCC1=NN2C(=N)/C(=C/c3ccc(OCc4ccc(F)cc4)c(OC)c3)C(=O)N=C2S1. The zero-order chi connectivity index (χ0) is 23.4. The second kappa shape index (κ2) is 9.99. The third-order valence-electron chi connectivity index (χ3n) is 5.05. The number of amides is 1. The summed E-state index contributed by atoms with van der Waals surface area (Å²) in [5, 5.41) is 15.7. The first kappa shape index (κ1) is 22.7. The molecule has 2 aromatic carbocycles. The number of halogens is 1. The number of carbonyl (C=O) groups is 1. The van der Waals surface area contributed by atoms with Crippen LogP contribution in [0.1, 0.15) is 37.3 Å². The lowest BCUT2D eigenvalue weighted by Gasteiger charge is -2.20. The fourth-order valence-corrected chi connectivity index (χ4v) is 4.19. The second-order valence-corrected chi connectivity index (χ2v) is 8.48. The maximum absolute atomic E-state index is 13.1. The highest BCUT2D eigenvalue weighted by Gasteiger charge is 2.35. The first-order chi connectivity index (χ1) is 16.0. The average molecular weight is 467 g/mol. The standard InChI is InChI=1S/C24H23FN4O3S/c1-3-4-5-21-28-29-22(26)18(23(30)27-24(29)33-21)12-16-8-11-19(20(13-16)31-2)32-14-15-6-9-17(25)10-7-15/h6-13,26H,3-5,14H2,1-2H3/b18-12-,26-22?. The first-order valence-electron chi connectivity index (χ1n) is 10.5. The van der Waals surface area contributed by atoms with Crippen molar-refractivity contribution in [3.05, 3.63) is 65.0 Å². The van der Waals surface area contributed by atoms with Crippen molar-refractivity contribution in [2.24, 2.45) is 10.1 Å². The van der Waals surface area contributed by atoms with Crippen LogP contribution < -0.4 is 9.47 Å². The first-order valence-corrected chi connectivity index (χ1v) is 11.3. The minimum absolute atomic E-state index is 0.000369. The molecule has 33 heavy (non-hydrogen) atoms. The van der Waals surface area contributed by atoms with Crippen molar-refractivity contribution in [2.45, 2.75) is 32.8 Å². The van der Waals surface area contributed by atoms with Gasteiger partial charge >= 0.3 is 0 Å². The van der Waals surface area contributed by atoms with E-state index < -0.39 is 5.91 Å². The smallest absolute Gasteiger partial charge is 0.283 e. The van der Waals surface area contributed by atoms with Crippen molar-refractivity contribution in [3.8, 4) is 11.5 Å². The molecule has 0 unspecified atom stereocenters. The summed E-state index contributed by atoms with van der Waals surface area (Å²) in [5.74, 6) is 0.210. The molecule has 0 radical (unpaired) electrons. The van der Waals surface area contributed by atoms with Crippen LogP contribution in [0.15, 0.2) is 58.1 Å². The Labute approximate surface area is 195 Å². The summed E-state index contributed by atoms with van der Waals surface area (Å²) >= 11 is 1.34. The zero-order valence-electron chi connectivity index (χ0n) is 18.3. The Morgan fingerprint density at radius 3 is 2.70 bits per heavy atom. The molecule has 2 aromatic rings. The van der Waals surface area contributed by atoms with Crippen molar-refractivity contribution in [1.29, 1.82) is 5.41 Å². The van der Waals surface area contributed by atoms with Crippen molar-refractivity contribution in [1.82, 2.24) is 5.01 Å². The Kier molecular flexibility index (Phi) is 6.88. The average Bonchev–Trinajstić information content (AvgIpc) is 3.23. The lowest BCUT2D eigenvalue weighted by atomic mass is 10.1. The summed E-state index contributed by atoms with van der Waals surface area (Å²) in [4.78, 5) is 16.7. The molecule has 9 heteroatoms. The van der Waals surface area contributed by atoms with Crippen molar-refractivity contribution in [2.75, 3.05) is 7.11 Å². The number of unbranched alkanes of at least 4 members (excludes halogenated alkanes) is 1. The van der Waals surface area contributed by atoms with Crippen LogP contribution >= 0.6 is 11.8 Å². The van der Waals surface area contributed by atoms with Crippen LogP contribution in [0.25, 0.3) is 6.08 Å². The maximum Gasteiger partial charge on any atom is 0.283 e. The number of nitrogens with zero attached hydrogens (tertiary/aromatic N) is 3. The van der Waals surface area contributed by atoms with Crippen LogP contribution in [0, 0.1) is 11.2 Å². The molecule has 4 rings (SSSR count). The number of benzene rings is 2. The van der Waals surface area contributed by atoms with E-state index in [9.17, 15) is 9.18 Å². The highest BCUT2D eigenvalue weighted by molar-refractivity contribution is 8.26. The normalized spacial score (nSPS) is 16.6. The van der Waals surface area contributed by atoms with Gasteiger partial charge in [-0.05, 0) is 66.1 Å². The molecular weight excluding hydrogens is 443 g/mol. The van der Waals surface area contributed by atoms with Gasteiger partial charge < -0.3 is 9.47 Å². The second-order valence-electron chi connectivity index (χ2n) is 7.44. The Bertz CT molecular complexity index is 1170. The lowest BCUT2D eigenvalue weighted by Crippen LogP contribution is -2.35. The summed E-state index contributed by atoms with van der Waals surface area (Å²) in [7, 11) is 1.52. The predicted octanol–water partition coefficient (Wildman–Crippen LogP) is 5.22. The molecule has 0 atom stereocenters. The minimum atomic E-state index is -0.471. The molecule has 2 aliphatic rings. The van der Waals surface area contributed by atoms with Gasteiger partial charge in [0.15, 0.2) is 17.3 Å². The van der Waals surface area contributed by atoms with Gasteiger partial charge in [-0.2, -0.15) is 15.1 Å². The maximum atomic E-state index is 13.1. The van der Waals surface area contributed by atoms with Crippen LogP contribution in [0.2, 0.25) is 0 Å². The van der Waals surface area contributed by atoms with Gasteiger partial charge in [0, 0.05) is 0 Å². The monoisotopic (exact) mass is 466 g/mol. The van der Waals surface area contributed by atoms with E-state index in [0.717, 1.165) is 29.9 Å². The third kappa shape index (κ3) is 5.14. The van der Waals surface area contributed by atoms with Crippen molar-refractivity contribution < 1.29 is 18.7 Å². The number of rotatable bonds is 8. The predicted molar refractivity (Wildman–Crippen MR) is 128 cm³/mol. The molecule has 0 spiro atoms. The van der Waals surface area contributed by atoms with E-state index in [1.54, 1.807) is 36.4 Å². The molecule has 7 nitrogen and oxygen atoms in total. The molecule has 2 aliphatic heterocycles. The molecule has 1 amide bonds. The molecule has 0 saturated carbocycles. The van der Waals surface area contributed by atoms with Gasteiger partial charge in [-0.3, -0.25) is 10.2 Å². The number of amidine groups is 2. The van der Waals surface area contributed by atoms with Crippen LogP contribution in [0.5, 0.6) is 11.5 Å². The Hall–Kier alpha value is -3.46. The lowest BCUT2D eigenvalue weighted by molar-refractivity contribution is -0.114. The third-order valence-corrected chi connectivity index (χ3v) is 6.02. The fraction of sp³-hybridized carbons (Fsp3) is 0.250. The van der Waals surface area contributed by atoms with Crippen LogP contribution in [-0.4, -0.2) is 34.1 Å². The molecule has 0 aliphatic carbocycles. The zero-order valence-corrected chi connectivity index (χ0v) is 19.1. The molecule has 0 saturated heterocycles. The summed E-state index contributed by atoms with van der Waals surface area (Å²) in [5.41, 5.74) is 1.64. The van der Waals surface area contributed by atoms with E-state index in [-0.39, 0.29) is 23.8 Å². The van der Waals surface area contributed by atoms with Crippen LogP contribution in [0.3, 0.4) is 0 Å². The fourth-order valence-electron chi connectivity index (χ4n) is 3.26. The van der Waals surface area contributed by atoms with Gasteiger partial charge in [0.2, 0.25) is 5.17 Å². The quantitative estimate of drug-likeness (QED) is 0.539. The van der Waals surface area contributed by atoms with Crippen molar-refractivity contribution in [3.63, 3.8) is 0 Å². The summed E-state index contributed by atoms with van der Waals surface area (Å²) in [6.45, 7) is 2.35. The highest BCUT2D eigenvalue weighted by atomic mass is 32.2. The number of fused-ring (bicyclic) bond motifs is 1. The summed E-state index contributed by atoms with van der Waals surface area (Å²) < 4.78 is 24.3. The van der Waals surface area contributed by atoms with Gasteiger partial charge in [-0.15, -0.1) is 0 Å². The van der Waals surface area contributed by atoms with Gasteiger partial charge in [0.25, 0.3) is 5.91 Å². The van der Waals surface area contributed by atoms with Crippen LogP contribution in [0.4, 0.5) is 4.39 Å². The van der Waals surface area contributed by atoms with Gasteiger partial charge in [-0.1, -0.05) is 31.5 Å². The van der Waals surface area contributed by atoms with Crippen molar-refractivity contribution >= 4 is 39.8 Å². The molecular formula is C24H23FN4O3S. The Balaban J connectivity index is 1.52. The highest BCUT2D eigenvalue weighted by Crippen LogP contribution is 2.32. The van der Waals surface area contributed by atoms with Crippen LogP contribution in [-0.2, 0) is 11.4 Å². The van der Waals surface area contributed by atoms with Gasteiger partial charge in [0.1, 0.15) is 17.5 Å². The number of ether oxygens (including phenoxy) is 2. The number of thioether (sulfide) groups is 1. The van der Waals surface area contributed by atoms with E-state index in [0.29, 0.717) is 22.2 Å². The molecule has 2 heterocycles. The Morgan fingerprint density at radius 1 is 1.18 bits per heavy atom. The van der Waals surface area contributed by atoms with E-state index >= 15 is 0 Å². The number of hydrazone groups is 1. The number of aliphatic imine (C=N–C) groups is 1. The van der Waals surface area contributed by atoms with Gasteiger partial charge in [-0.25, -0.2) is 4.39 Å². The number of hydrogen-bond acceptors (Lipinski definition) is 6. The Morgan fingerprint density at radius 2 is 1.97 bits per heavy atom. The van der Waals surface area contributed by atoms with E-state index in [1.807, 2.05) is 0 Å². The van der Waals surface area contributed by atoms with Gasteiger partial charge in [0.05, 0.1) is 12.7 Å². The molecule has 0 fully saturated rings. The molecule has 1 N–H and O–H groups in total. The summed E-state index contributed by atoms with van der Waals surface area (Å²) in [6.07, 6.45) is 4.43. The summed E-state index contributed by atoms with van der Waals surface area (Å²) in [6, 6.07) is 11.3. The minimum Gasteiger partial charge on any atom is -0.493 e.